The molecule has 0 spiro atoms. The van der Waals surface area contributed by atoms with Gasteiger partial charge in [0.2, 0.25) is 0 Å². The average Bonchev–Trinajstić information content (AvgIpc) is 2.41. The SMILES string of the molecule is COC(=O)c1cc(N)ccc1N1CCSC(C)C1C. The van der Waals surface area contributed by atoms with Crippen molar-refractivity contribution in [3.8, 4) is 0 Å². The maximum atomic E-state index is 11.9. The van der Waals surface area contributed by atoms with Gasteiger partial charge in [0.05, 0.1) is 18.4 Å². The number of rotatable bonds is 2. The van der Waals surface area contributed by atoms with Crippen molar-refractivity contribution in [2.24, 2.45) is 0 Å². The zero-order valence-corrected chi connectivity index (χ0v) is 12.4. The number of nitrogens with two attached hydrogens (primary N) is 1. The molecule has 1 aliphatic heterocycles. The molecule has 0 aromatic heterocycles. The Morgan fingerprint density at radius 1 is 1.47 bits per heavy atom. The molecular formula is C14H20N2O2S. The van der Waals surface area contributed by atoms with E-state index >= 15 is 0 Å². The van der Waals surface area contributed by atoms with Crippen molar-refractivity contribution >= 4 is 29.1 Å². The van der Waals surface area contributed by atoms with Gasteiger partial charge in [-0.15, -0.1) is 0 Å². The van der Waals surface area contributed by atoms with Gasteiger partial charge in [-0.05, 0) is 25.1 Å². The molecule has 0 saturated carbocycles. The second-order valence-corrected chi connectivity index (χ2v) is 6.26. The quantitative estimate of drug-likeness (QED) is 0.666. The number of methoxy groups -OCH3 is 1. The predicted octanol–water partition coefficient (Wildman–Crippen LogP) is 2.39. The minimum Gasteiger partial charge on any atom is -0.465 e. The summed E-state index contributed by atoms with van der Waals surface area (Å²) < 4.78 is 4.86. The third kappa shape index (κ3) is 2.81. The van der Waals surface area contributed by atoms with Gasteiger partial charge in [0.25, 0.3) is 0 Å². The van der Waals surface area contributed by atoms with E-state index in [1.807, 2.05) is 23.9 Å². The molecular weight excluding hydrogens is 260 g/mol. The number of carbonyl (C=O) groups is 1. The highest BCUT2D eigenvalue weighted by molar-refractivity contribution is 8.00. The molecule has 1 saturated heterocycles. The average molecular weight is 280 g/mol. The van der Waals surface area contributed by atoms with Crippen LogP contribution >= 0.6 is 11.8 Å². The van der Waals surface area contributed by atoms with E-state index in [1.165, 1.54) is 7.11 Å². The second-order valence-electron chi connectivity index (χ2n) is 4.78. The molecule has 104 valence electrons. The van der Waals surface area contributed by atoms with Crippen LogP contribution in [-0.2, 0) is 4.74 Å². The maximum absolute atomic E-state index is 11.9. The lowest BCUT2D eigenvalue weighted by Gasteiger charge is -2.39. The van der Waals surface area contributed by atoms with Gasteiger partial charge in [0.15, 0.2) is 0 Å². The highest BCUT2D eigenvalue weighted by Gasteiger charge is 2.28. The van der Waals surface area contributed by atoms with Crippen LogP contribution in [0.3, 0.4) is 0 Å². The van der Waals surface area contributed by atoms with Crippen LogP contribution < -0.4 is 10.6 Å². The van der Waals surface area contributed by atoms with Crippen molar-refractivity contribution < 1.29 is 9.53 Å². The fourth-order valence-corrected chi connectivity index (χ4v) is 3.45. The number of hydrogen-bond donors (Lipinski definition) is 1. The molecule has 0 amide bonds. The van der Waals surface area contributed by atoms with Crippen LogP contribution in [0.1, 0.15) is 24.2 Å². The van der Waals surface area contributed by atoms with E-state index in [0.29, 0.717) is 22.5 Å². The van der Waals surface area contributed by atoms with Crippen LogP contribution in [0.4, 0.5) is 11.4 Å². The molecule has 1 fully saturated rings. The van der Waals surface area contributed by atoms with Crippen molar-refractivity contribution in [1.29, 1.82) is 0 Å². The van der Waals surface area contributed by atoms with Crippen LogP contribution in [0.15, 0.2) is 18.2 Å². The summed E-state index contributed by atoms with van der Waals surface area (Å²) >= 11 is 1.97. The summed E-state index contributed by atoms with van der Waals surface area (Å²) in [6.07, 6.45) is 0. The molecule has 2 rings (SSSR count). The van der Waals surface area contributed by atoms with Crippen molar-refractivity contribution in [3.63, 3.8) is 0 Å². The lowest BCUT2D eigenvalue weighted by molar-refractivity contribution is 0.0601. The molecule has 4 nitrogen and oxygen atoms in total. The summed E-state index contributed by atoms with van der Waals surface area (Å²) in [5, 5.41) is 0.539. The van der Waals surface area contributed by atoms with Crippen molar-refractivity contribution in [1.82, 2.24) is 0 Å². The molecule has 1 aromatic rings. The van der Waals surface area contributed by atoms with Crippen LogP contribution in [0.5, 0.6) is 0 Å². The van der Waals surface area contributed by atoms with E-state index in [-0.39, 0.29) is 5.97 Å². The number of thioether (sulfide) groups is 1. The summed E-state index contributed by atoms with van der Waals surface area (Å²) in [5.74, 6) is 0.733. The van der Waals surface area contributed by atoms with Gasteiger partial charge in [0.1, 0.15) is 0 Å². The summed E-state index contributed by atoms with van der Waals surface area (Å²) in [6, 6.07) is 5.83. The first-order chi connectivity index (χ1) is 9.04. The molecule has 2 N–H and O–H groups in total. The fraction of sp³-hybridized carbons (Fsp3) is 0.500. The minimum absolute atomic E-state index is 0.333. The number of ether oxygens (including phenoxy) is 1. The van der Waals surface area contributed by atoms with Crippen molar-refractivity contribution in [3.05, 3.63) is 23.8 Å². The number of anilines is 2. The normalized spacial score (nSPS) is 23.2. The molecule has 1 heterocycles. The van der Waals surface area contributed by atoms with Gasteiger partial charge in [-0.2, -0.15) is 11.8 Å². The maximum Gasteiger partial charge on any atom is 0.340 e. The molecule has 0 radical (unpaired) electrons. The molecule has 0 aliphatic carbocycles. The summed E-state index contributed by atoms with van der Waals surface area (Å²) in [7, 11) is 1.40. The van der Waals surface area contributed by atoms with Gasteiger partial charge < -0.3 is 15.4 Å². The van der Waals surface area contributed by atoms with Crippen LogP contribution in [0.2, 0.25) is 0 Å². The number of esters is 1. The number of carbonyl (C=O) groups excluding carboxylic acids is 1. The molecule has 2 atom stereocenters. The van der Waals surface area contributed by atoms with Crippen LogP contribution in [-0.4, -0.2) is 36.7 Å². The Balaban J connectivity index is 2.40. The van der Waals surface area contributed by atoms with Gasteiger partial charge in [-0.3, -0.25) is 0 Å². The standard InChI is InChI=1S/C14H20N2O2S/c1-9-10(2)19-7-6-16(9)13-5-4-11(15)8-12(13)14(17)18-3/h4-5,8-10H,6-7,15H2,1-3H3. The van der Waals surface area contributed by atoms with Crippen LogP contribution in [0.25, 0.3) is 0 Å². The highest BCUT2D eigenvalue weighted by Crippen LogP contribution is 2.32. The van der Waals surface area contributed by atoms with Gasteiger partial charge in [-0.1, -0.05) is 6.92 Å². The number of nitrogens with zero attached hydrogens (tertiary/aromatic N) is 1. The first-order valence-corrected chi connectivity index (χ1v) is 7.45. The molecule has 1 aliphatic rings. The molecule has 0 bridgehead atoms. The van der Waals surface area contributed by atoms with E-state index in [1.54, 1.807) is 6.07 Å². The van der Waals surface area contributed by atoms with E-state index in [2.05, 4.69) is 18.7 Å². The Hall–Kier alpha value is -1.36. The van der Waals surface area contributed by atoms with E-state index in [0.717, 1.165) is 18.0 Å². The number of hydrogen-bond acceptors (Lipinski definition) is 5. The zero-order valence-electron chi connectivity index (χ0n) is 11.6. The lowest BCUT2D eigenvalue weighted by Crippen LogP contribution is -2.45. The van der Waals surface area contributed by atoms with Crippen LogP contribution in [0, 0.1) is 0 Å². The third-order valence-corrected chi connectivity index (χ3v) is 4.96. The fourth-order valence-electron chi connectivity index (χ4n) is 2.35. The summed E-state index contributed by atoms with van der Waals surface area (Å²) in [4.78, 5) is 14.2. The van der Waals surface area contributed by atoms with Gasteiger partial charge in [0, 0.05) is 29.3 Å². The van der Waals surface area contributed by atoms with Crippen molar-refractivity contribution in [2.75, 3.05) is 30.0 Å². The number of benzene rings is 1. The third-order valence-electron chi connectivity index (χ3n) is 3.62. The first-order valence-electron chi connectivity index (χ1n) is 6.40. The lowest BCUT2D eigenvalue weighted by atomic mass is 10.1. The highest BCUT2D eigenvalue weighted by atomic mass is 32.2. The Morgan fingerprint density at radius 3 is 2.89 bits per heavy atom. The van der Waals surface area contributed by atoms with Crippen molar-refractivity contribution in [2.45, 2.75) is 25.1 Å². The Kier molecular flexibility index (Phi) is 4.24. The smallest absolute Gasteiger partial charge is 0.340 e. The second kappa shape index (κ2) is 5.74. The Bertz CT molecular complexity index is 479. The topological polar surface area (TPSA) is 55.6 Å². The molecule has 2 unspecified atom stereocenters. The van der Waals surface area contributed by atoms with E-state index in [9.17, 15) is 4.79 Å². The zero-order chi connectivity index (χ0) is 14.0. The minimum atomic E-state index is -0.333. The monoisotopic (exact) mass is 280 g/mol. The van der Waals surface area contributed by atoms with Gasteiger partial charge >= 0.3 is 5.97 Å². The van der Waals surface area contributed by atoms with E-state index < -0.39 is 0 Å². The Labute approximate surface area is 118 Å². The summed E-state index contributed by atoms with van der Waals surface area (Å²) in [5.41, 5.74) is 7.83. The van der Waals surface area contributed by atoms with Gasteiger partial charge in [-0.25, -0.2) is 4.79 Å². The summed E-state index contributed by atoms with van der Waals surface area (Å²) in [6.45, 7) is 5.34. The Morgan fingerprint density at radius 2 is 2.21 bits per heavy atom. The number of nitrogen functional groups attached to an aromatic ring is 1. The molecule has 19 heavy (non-hydrogen) atoms. The molecule has 5 heteroatoms. The largest absolute Gasteiger partial charge is 0.465 e. The first kappa shape index (κ1) is 14.1. The van der Waals surface area contributed by atoms with E-state index in [4.69, 9.17) is 10.5 Å². The molecule has 1 aromatic carbocycles. The predicted molar refractivity (Wildman–Crippen MR) is 80.9 cm³/mol.